The second-order valence-corrected chi connectivity index (χ2v) is 3.86. The summed E-state index contributed by atoms with van der Waals surface area (Å²) < 4.78 is 0. The van der Waals surface area contributed by atoms with Gasteiger partial charge in [-0.2, -0.15) is 0 Å². The number of hydrogen-bond acceptors (Lipinski definition) is 1. The van der Waals surface area contributed by atoms with E-state index >= 15 is 0 Å². The van der Waals surface area contributed by atoms with Gasteiger partial charge in [0.2, 0.25) is 0 Å². The van der Waals surface area contributed by atoms with E-state index in [0.29, 0.717) is 6.42 Å². The Kier molecular flexibility index (Phi) is 12.1. The zero-order valence-electron chi connectivity index (χ0n) is 11.0. The molecule has 0 fully saturated rings. The molecule has 1 N–H and O–H groups in total. The molecule has 0 amide bonds. The van der Waals surface area contributed by atoms with E-state index in [0.717, 1.165) is 19.3 Å². The molecule has 1 heteroatoms. The van der Waals surface area contributed by atoms with Crippen molar-refractivity contribution in [2.24, 2.45) is 0 Å². The first kappa shape index (κ1) is 16.3. The highest BCUT2D eigenvalue weighted by atomic mass is 16.3. The average molecular weight is 242 g/mol. The Hall–Kier alpha value is -1.70. The molecular formula is C17H22O. The van der Waals surface area contributed by atoms with Gasteiger partial charge in [0.05, 0.1) is 0 Å². The van der Waals surface area contributed by atoms with Crippen LogP contribution in [0.2, 0.25) is 0 Å². The van der Waals surface area contributed by atoms with Crippen LogP contribution < -0.4 is 0 Å². The first-order valence-electron chi connectivity index (χ1n) is 6.36. The fraction of sp³-hybridized carbons (Fsp3) is 0.412. The van der Waals surface area contributed by atoms with E-state index in [9.17, 15) is 5.11 Å². The van der Waals surface area contributed by atoms with E-state index < -0.39 is 6.10 Å². The van der Waals surface area contributed by atoms with Gasteiger partial charge in [-0.25, -0.2) is 0 Å². The van der Waals surface area contributed by atoms with Crippen LogP contribution in [-0.2, 0) is 0 Å². The van der Waals surface area contributed by atoms with Crippen molar-refractivity contribution < 1.29 is 5.11 Å². The SMILES string of the molecule is C=CCC#CC#C[C@@H](O)/C=C\CCCCCC=C. The van der Waals surface area contributed by atoms with E-state index in [1.807, 2.05) is 12.2 Å². The maximum Gasteiger partial charge on any atom is 0.134 e. The Bertz CT molecular complexity index is 368. The lowest BCUT2D eigenvalue weighted by molar-refractivity contribution is 0.280. The second-order valence-electron chi connectivity index (χ2n) is 3.86. The van der Waals surface area contributed by atoms with Crippen LogP contribution in [0.4, 0.5) is 0 Å². The van der Waals surface area contributed by atoms with Crippen LogP contribution in [0.1, 0.15) is 38.5 Å². The van der Waals surface area contributed by atoms with Gasteiger partial charge in [-0.05, 0) is 43.6 Å². The van der Waals surface area contributed by atoms with E-state index in [2.05, 4.69) is 36.8 Å². The van der Waals surface area contributed by atoms with Gasteiger partial charge in [-0.15, -0.1) is 13.2 Å². The maximum absolute atomic E-state index is 9.48. The molecule has 0 heterocycles. The van der Waals surface area contributed by atoms with Crippen molar-refractivity contribution >= 4 is 0 Å². The molecule has 96 valence electrons. The summed E-state index contributed by atoms with van der Waals surface area (Å²) in [6.45, 7) is 7.24. The van der Waals surface area contributed by atoms with E-state index in [1.54, 1.807) is 12.2 Å². The first-order valence-corrected chi connectivity index (χ1v) is 6.36. The van der Waals surface area contributed by atoms with Gasteiger partial charge in [-0.1, -0.05) is 36.5 Å². The van der Waals surface area contributed by atoms with E-state index in [4.69, 9.17) is 0 Å². The number of aliphatic hydroxyl groups is 1. The van der Waals surface area contributed by atoms with Crippen molar-refractivity contribution in [2.75, 3.05) is 0 Å². The molecule has 0 radical (unpaired) electrons. The van der Waals surface area contributed by atoms with Crippen LogP contribution in [0.15, 0.2) is 37.5 Å². The van der Waals surface area contributed by atoms with Crippen molar-refractivity contribution in [2.45, 2.75) is 44.6 Å². The minimum atomic E-state index is -0.712. The molecule has 0 saturated heterocycles. The van der Waals surface area contributed by atoms with Gasteiger partial charge in [0.25, 0.3) is 0 Å². The third-order valence-electron chi connectivity index (χ3n) is 2.21. The largest absolute Gasteiger partial charge is 0.377 e. The lowest BCUT2D eigenvalue weighted by Crippen LogP contribution is -1.96. The topological polar surface area (TPSA) is 20.2 Å². The molecule has 18 heavy (non-hydrogen) atoms. The molecule has 0 aliphatic rings. The highest BCUT2D eigenvalue weighted by Crippen LogP contribution is 2.04. The van der Waals surface area contributed by atoms with E-state index in [1.165, 1.54) is 12.8 Å². The quantitative estimate of drug-likeness (QED) is 0.391. The smallest absolute Gasteiger partial charge is 0.134 e. The lowest BCUT2D eigenvalue weighted by Gasteiger charge is -1.95. The van der Waals surface area contributed by atoms with Gasteiger partial charge >= 0.3 is 0 Å². The van der Waals surface area contributed by atoms with Crippen molar-refractivity contribution in [3.8, 4) is 23.7 Å². The Morgan fingerprint density at radius 3 is 2.50 bits per heavy atom. The normalized spacial score (nSPS) is 10.9. The number of hydrogen-bond donors (Lipinski definition) is 1. The molecule has 0 aromatic carbocycles. The van der Waals surface area contributed by atoms with Gasteiger partial charge in [0.1, 0.15) is 6.10 Å². The molecular weight excluding hydrogens is 220 g/mol. The fourth-order valence-electron chi connectivity index (χ4n) is 1.28. The average Bonchev–Trinajstić information content (AvgIpc) is 2.37. The molecule has 0 aromatic rings. The van der Waals surface area contributed by atoms with Crippen LogP contribution >= 0.6 is 0 Å². The summed E-state index contributed by atoms with van der Waals surface area (Å²) in [5.41, 5.74) is 0. The van der Waals surface area contributed by atoms with Crippen molar-refractivity contribution in [1.29, 1.82) is 0 Å². The van der Waals surface area contributed by atoms with Crippen LogP contribution in [0.5, 0.6) is 0 Å². The van der Waals surface area contributed by atoms with Crippen LogP contribution in [0, 0.1) is 23.7 Å². The van der Waals surface area contributed by atoms with Crippen molar-refractivity contribution in [3.63, 3.8) is 0 Å². The molecule has 1 nitrogen and oxygen atoms in total. The second kappa shape index (κ2) is 13.4. The summed E-state index contributed by atoms with van der Waals surface area (Å²) in [5, 5.41) is 9.48. The van der Waals surface area contributed by atoms with Gasteiger partial charge < -0.3 is 5.11 Å². The maximum atomic E-state index is 9.48. The summed E-state index contributed by atoms with van der Waals surface area (Å²) in [4.78, 5) is 0. The summed E-state index contributed by atoms with van der Waals surface area (Å²) in [7, 11) is 0. The summed E-state index contributed by atoms with van der Waals surface area (Å²) in [6.07, 6.45) is 12.9. The van der Waals surface area contributed by atoms with Gasteiger partial charge in [-0.3, -0.25) is 0 Å². The monoisotopic (exact) mass is 242 g/mol. The third-order valence-corrected chi connectivity index (χ3v) is 2.21. The predicted molar refractivity (Wildman–Crippen MR) is 78.8 cm³/mol. The molecule has 0 saturated carbocycles. The summed E-state index contributed by atoms with van der Waals surface area (Å²) in [5.74, 6) is 10.7. The van der Waals surface area contributed by atoms with Crippen molar-refractivity contribution in [3.05, 3.63) is 37.5 Å². The van der Waals surface area contributed by atoms with Crippen LogP contribution in [-0.4, -0.2) is 11.2 Å². The molecule has 0 rings (SSSR count). The van der Waals surface area contributed by atoms with E-state index in [-0.39, 0.29) is 0 Å². The molecule has 0 aromatic heterocycles. The minimum Gasteiger partial charge on any atom is -0.377 e. The van der Waals surface area contributed by atoms with Crippen molar-refractivity contribution in [1.82, 2.24) is 0 Å². The summed E-state index contributed by atoms with van der Waals surface area (Å²) in [6, 6.07) is 0. The fourth-order valence-corrected chi connectivity index (χ4v) is 1.28. The predicted octanol–water partition coefficient (Wildman–Crippen LogP) is 3.62. The Balaban J connectivity index is 3.67. The van der Waals surface area contributed by atoms with Gasteiger partial charge in [0, 0.05) is 6.42 Å². The highest BCUT2D eigenvalue weighted by molar-refractivity contribution is 5.29. The minimum absolute atomic E-state index is 0.630. The molecule has 0 spiro atoms. The lowest BCUT2D eigenvalue weighted by atomic mass is 10.1. The molecule has 0 aliphatic heterocycles. The number of aliphatic hydroxyl groups excluding tert-OH is 1. The zero-order valence-corrected chi connectivity index (χ0v) is 11.0. The third kappa shape index (κ3) is 12.4. The number of rotatable bonds is 8. The first-order chi connectivity index (χ1) is 8.81. The Morgan fingerprint density at radius 2 is 1.78 bits per heavy atom. The van der Waals surface area contributed by atoms with Crippen LogP contribution in [0.25, 0.3) is 0 Å². The Labute approximate surface area is 111 Å². The molecule has 1 atom stereocenters. The Morgan fingerprint density at radius 1 is 1.00 bits per heavy atom. The highest BCUT2D eigenvalue weighted by Gasteiger charge is 1.90. The number of unbranched alkanes of at least 4 members (excludes halogenated alkanes) is 4. The zero-order chi connectivity index (χ0) is 13.5. The number of allylic oxidation sites excluding steroid dienone is 3. The standard InChI is InChI=1S/C17H22O/c1-3-5-7-9-10-12-14-16-17(18)15-13-11-8-6-4-2/h3-4,14,16-18H,1-2,5-7,9-10,12H2/b16-14-/t17-/m1/s1. The van der Waals surface area contributed by atoms with Crippen LogP contribution in [0.3, 0.4) is 0 Å². The molecule has 0 aliphatic carbocycles. The molecule has 0 unspecified atom stereocenters. The van der Waals surface area contributed by atoms with Gasteiger partial charge in [0.15, 0.2) is 0 Å². The molecule has 0 bridgehead atoms. The summed E-state index contributed by atoms with van der Waals surface area (Å²) >= 11 is 0.